The zero-order chi connectivity index (χ0) is 17.3. The maximum Gasteiger partial charge on any atom is 0.255 e. The van der Waals surface area contributed by atoms with Gasteiger partial charge < -0.3 is 9.26 Å². The molecule has 2 aliphatic heterocycles. The summed E-state index contributed by atoms with van der Waals surface area (Å²) in [6.07, 6.45) is 6.19. The lowest BCUT2D eigenvalue weighted by Crippen LogP contribution is -2.33. The van der Waals surface area contributed by atoms with Gasteiger partial charge in [-0.2, -0.15) is 4.98 Å². The third-order valence-electron chi connectivity index (χ3n) is 5.35. The normalized spacial score (nSPS) is 22.4. The van der Waals surface area contributed by atoms with Crippen LogP contribution in [0.25, 0.3) is 5.65 Å². The first-order valence-corrected chi connectivity index (χ1v) is 9.33. The average molecular weight is 354 g/mol. The average Bonchev–Trinajstić information content (AvgIpc) is 3.43. The summed E-state index contributed by atoms with van der Waals surface area (Å²) in [6, 6.07) is 6.01. The summed E-state index contributed by atoms with van der Waals surface area (Å²) < 4.78 is 13.1. The molecule has 0 saturated carbocycles. The Morgan fingerprint density at radius 1 is 1.12 bits per heavy atom. The number of ether oxygens (including phenoxy) is 1. The van der Waals surface area contributed by atoms with Crippen LogP contribution in [0.2, 0.25) is 0 Å². The van der Waals surface area contributed by atoms with E-state index in [9.17, 15) is 0 Å². The van der Waals surface area contributed by atoms with Crippen LogP contribution in [-0.4, -0.2) is 49.3 Å². The van der Waals surface area contributed by atoms with Gasteiger partial charge in [-0.1, -0.05) is 11.2 Å². The van der Waals surface area contributed by atoms with Crippen LogP contribution >= 0.6 is 0 Å². The quantitative estimate of drug-likeness (QED) is 0.711. The maximum absolute atomic E-state index is 5.61. The topological polar surface area (TPSA) is 81.6 Å². The van der Waals surface area contributed by atoms with Crippen molar-refractivity contribution in [3.05, 3.63) is 41.9 Å². The third kappa shape index (κ3) is 2.99. The second-order valence-corrected chi connectivity index (χ2v) is 7.09. The molecule has 1 atom stereocenters. The van der Waals surface area contributed by atoms with E-state index in [4.69, 9.17) is 9.26 Å². The van der Waals surface area contributed by atoms with E-state index in [-0.39, 0.29) is 6.10 Å². The summed E-state index contributed by atoms with van der Waals surface area (Å²) in [4.78, 5) is 6.90. The lowest BCUT2D eigenvalue weighted by atomic mass is 9.96. The van der Waals surface area contributed by atoms with Crippen LogP contribution in [0.1, 0.15) is 55.2 Å². The van der Waals surface area contributed by atoms with Crippen molar-refractivity contribution in [2.75, 3.05) is 19.7 Å². The van der Waals surface area contributed by atoms with E-state index in [1.54, 1.807) is 0 Å². The molecule has 136 valence electrons. The summed E-state index contributed by atoms with van der Waals surface area (Å²) >= 11 is 0. The molecule has 3 aromatic rings. The van der Waals surface area contributed by atoms with Gasteiger partial charge in [-0.3, -0.25) is 9.30 Å². The Bertz CT molecular complexity index is 877. The Balaban J connectivity index is 1.21. The highest BCUT2D eigenvalue weighted by Crippen LogP contribution is 2.29. The summed E-state index contributed by atoms with van der Waals surface area (Å²) in [7, 11) is 0. The van der Waals surface area contributed by atoms with Gasteiger partial charge in [0.1, 0.15) is 11.9 Å². The molecule has 0 aromatic carbocycles. The predicted octanol–water partition coefficient (Wildman–Crippen LogP) is 2.34. The van der Waals surface area contributed by atoms with Crippen molar-refractivity contribution in [3.8, 4) is 0 Å². The molecule has 2 saturated heterocycles. The molecular formula is C18H22N6O2. The van der Waals surface area contributed by atoms with Crippen molar-refractivity contribution >= 4 is 5.65 Å². The first-order chi connectivity index (χ1) is 12.9. The number of pyridine rings is 1. The molecular weight excluding hydrogens is 332 g/mol. The first-order valence-electron chi connectivity index (χ1n) is 9.33. The molecule has 0 amide bonds. The zero-order valence-corrected chi connectivity index (χ0v) is 14.6. The van der Waals surface area contributed by atoms with E-state index in [0.717, 1.165) is 69.2 Å². The fourth-order valence-electron chi connectivity index (χ4n) is 3.92. The van der Waals surface area contributed by atoms with E-state index in [2.05, 4.69) is 29.6 Å². The van der Waals surface area contributed by atoms with Crippen LogP contribution in [0.5, 0.6) is 0 Å². The van der Waals surface area contributed by atoms with Gasteiger partial charge in [-0.15, -0.1) is 10.2 Å². The van der Waals surface area contributed by atoms with Gasteiger partial charge >= 0.3 is 0 Å². The summed E-state index contributed by atoms with van der Waals surface area (Å²) in [6.45, 7) is 3.50. The number of nitrogens with zero attached hydrogens (tertiary/aromatic N) is 6. The molecule has 8 heteroatoms. The van der Waals surface area contributed by atoms with Crippen LogP contribution in [0.3, 0.4) is 0 Å². The second kappa shape index (κ2) is 6.77. The van der Waals surface area contributed by atoms with Gasteiger partial charge in [0.15, 0.2) is 11.5 Å². The third-order valence-corrected chi connectivity index (χ3v) is 5.35. The van der Waals surface area contributed by atoms with E-state index in [1.165, 1.54) is 0 Å². The van der Waals surface area contributed by atoms with Crippen LogP contribution in [0.4, 0.5) is 0 Å². The number of hydrogen-bond acceptors (Lipinski definition) is 7. The SMILES string of the molecule is c1ccn2c(C3CCN(Cc4noc([C@@H]5CCCO5)n4)CC3)nnc2c1. The highest BCUT2D eigenvalue weighted by atomic mass is 16.5. The van der Waals surface area contributed by atoms with Crippen molar-refractivity contribution in [1.29, 1.82) is 0 Å². The second-order valence-electron chi connectivity index (χ2n) is 7.09. The Morgan fingerprint density at radius 2 is 2.04 bits per heavy atom. The zero-order valence-electron chi connectivity index (χ0n) is 14.6. The summed E-state index contributed by atoms with van der Waals surface area (Å²) in [5.41, 5.74) is 0.915. The number of likely N-dealkylation sites (tertiary alicyclic amines) is 1. The highest BCUT2D eigenvalue weighted by Gasteiger charge is 2.27. The predicted molar refractivity (Wildman–Crippen MR) is 92.5 cm³/mol. The van der Waals surface area contributed by atoms with E-state index < -0.39 is 0 Å². The molecule has 0 aliphatic carbocycles. The lowest BCUT2D eigenvalue weighted by Gasteiger charge is -2.30. The lowest BCUT2D eigenvalue weighted by molar-refractivity contribution is 0.0835. The number of hydrogen-bond donors (Lipinski definition) is 0. The minimum absolute atomic E-state index is 0.0109. The fraction of sp³-hybridized carbons (Fsp3) is 0.556. The summed E-state index contributed by atoms with van der Waals surface area (Å²) in [5.74, 6) is 2.89. The van der Waals surface area contributed by atoms with Crippen molar-refractivity contribution < 1.29 is 9.26 Å². The molecule has 26 heavy (non-hydrogen) atoms. The summed E-state index contributed by atoms with van der Waals surface area (Å²) in [5, 5.41) is 12.8. The van der Waals surface area contributed by atoms with E-state index in [1.807, 2.05) is 24.4 Å². The van der Waals surface area contributed by atoms with Crippen LogP contribution < -0.4 is 0 Å². The van der Waals surface area contributed by atoms with E-state index >= 15 is 0 Å². The van der Waals surface area contributed by atoms with Crippen molar-refractivity contribution in [3.63, 3.8) is 0 Å². The molecule has 0 bridgehead atoms. The fourth-order valence-corrected chi connectivity index (χ4v) is 3.92. The van der Waals surface area contributed by atoms with Gasteiger partial charge in [0, 0.05) is 18.7 Å². The van der Waals surface area contributed by atoms with Crippen molar-refractivity contribution in [2.45, 2.75) is 44.2 Å². The molecule has 2 aliphatic rings. The number of rotatable bonds is 4. The molecule has 2 fully saturated rings. The largest absolute Gasteiger partial charge is 0.368 e. The standard InChI is InChI=1S/C18H22N6O2/c1-2-8-24-16(5-1)20-21-17(24)13-6-9-23(10-7-13)12-15-19-18(26-22-15)14-4-3-11-25-14/h1-2,5,8,13-14H,3-4,6-7,9-12H2/t14-/m0/s1. The first kappa shape index (κ1) is 15.9. The molecule has 3 aromatic heterocycles. The Hall–Kier alpha value is -2.32. The van der Waals surface area contributed by atoms with Crippen LogP contribution in [0.15, 0.2) is 28.9 Å². The molecule has 5 heterocycles. The molecule has 0 unspecified atom stereocenters. The minimum Gasteiger partial charge on any atom is -0.368 e. The van der Waals surface area contributed by atoms with Gasteiger partial charge in [-0.25, -0.2) is 0 Å². The Labute approximate surface area is 151 Å². The maximum atomic E-state index is 5.61. The van der Waals surface area contributed by atoms with Crippen molar-refractivity contribution in [1.82, 2.24) is 29.6 Å². The number of piperidine rings is 1. The Morgan fingerprint density at radius 3 is 2.88 bits per heavy atom. The molecule has 5 rings (SSSR count). The molecule has 8 nitrogen and oxygen atoms in total. The smallest absolute Gasteiger partial charge is 0.255 e. The van der Waals surface area contributed by atoms with Crippen LogP contribution in [0, 0.1) is 0 Å². The number of fused-ring (bicyclic) bond motifs is 1. The molecule has 0 radical (unpaired) electrons. The molecule has 0 spiro atoms. The van der Waals surface area contributed by atoms with Gasteiger partial charge in [0.25, 0.3) is 5.89 Å². The van der Waals surface area contributed by atoms with Crippen molar-refractivity contribution in [2.24, 2.45) is 0 Å². The van der Waals surface area contributed by atoms with Gasteiger partial charge in [0.2, 0.25) is 0 Å². The Kier molecular flexibility index (Phi) is 4.14. The van der Waals surface area contributed by atoms with Crippen LogP contribution in [-0.2, 0) is 11.3 Å². The highest BCUT2D eigenvalue weighted by molar-refractivity contribution is 5.37. The van der Waals surface area contributed by atoms with Gasteiger partial charge in [-0.05, 0) is 50.9 Å². The minimum atomic E-state index is -0.0109. The van der Waals surface area contributed by atoms with Gasteiger partial charge in [0.05, 0.1) is 6.54 Å². The van der Waals surface area contributed by atoms with E-state index in [0.29, 0.717) is 11.8 Å². The number of aromatic nitrogens is 5. The monoisotopic (exact) mass is 354 g/mol. The molecule has 0 N–H and O–H groups in total.